The molecule has 2 aromatic carbocycles. The molecule has 0 bridgehead atoms. The number of hydrogen-bond donors (Lipinski definition) is 1. The molecule has 0 saturated carbocycles. The van der Waals surface area contributed by atoms with Crippen LogP contribution < -0.4 is 15.0 Å². The summed E-state index contributed by atoms with van der Waals surface area (Å²) in [6.07, 6.45) is 7.58. The lowest BCUT2D eigenvalue weighted by atomic mass is 10.00. The molecule has 1 N–H and O–H groups in total. The Morgan fingerprint density at radius 1 is 1.20 bits per heavy atom. The maximum Gasteiger partial charge on any atom is 0.318 e. The number of likely N-dealkylation sites (N-methyl/N-ethyl adjacent to an activating group) is 1. The first-order valence-electron chi connectivity index (χ1n) is 13.8. The Morgan fingerprint density at radius 3 is 2.80 bits per heavy atom. The van der Waals surface area contributed by atoms with Crippen LogP contribution in [0.1, 0.15) is 36.6 Å². The number of nitrogens with one attached hydrogen (secondary N) is 1. The van der Waals surface area contributed by atoms with Crippen molar-refractivity contribution in [3.63, 3.8) is 0 Å². The first-order chi connectivity index (χ1) is 19.3. The van der Waals surface area contributed by atoms with Crippen molar-refractivity contribution in [1.82, 2.24) is 24.6 Å². The van der Waals surface area contributed by atoms with Crippen molar-refractivity contribution in [2.24, 2.45) is 0 Å². The van der Waals surface area contributed by atoms with Crippen LogP contribution in [0, 0.1) is 6.92 Å². The molecule has 4 aromatic rings. The number of nitrogens with zero attached hydrogens (tertiary/aromatic N) is 6. The maximum atomic E-state index is 11.8. The number of benzene rings is 2. The highest BCUT2D eigenvalue weighted by molar-refractivity contribution is 5.98. The summed E-state index contributed by atoms with van der Waals surface area (Å²) in [5.41, 5.74) is 4.94. The van der Waals surface area contributed by atoms with E-state index < -0.39 is 0 Å². The van der Waals surface area contributed by atoms with Gasteiger partial charge < -0.3 is 15.0 Å². The van der Waals surface area contributed by atoms with Crippen LogP contribution in [-0.2, 0) is 17.8 Å². The van der Waals surface area contributed by atoms with Crippen LogP contribution in [0.25, 0.3) is 16.6 Å². The van der Waals surface area contributed by atoms with Gasteiger partial charge in [0.2, 0.25) is 5.91 Å². The number of amides is 1. The number of carbonyl (C=O) groups excluding carboxylic acids is 1. The summed E-state index contributed by atoms with van der Waals surface area (Å²) in [6.45, 7) is 10.9. The number of aromatic nitrogens is 4. The standard InChI is InChI=1S/C31H35N7O2/c1-5-27(39)33-23-17-32-38(18-23)29-24-13-16-37(26-12-7-11-22-10-6-9-21(2)28(22)26)19-25(24)34-30(35-29)40-20-31(3)14-8-15-36(31)4/h5-7,9-12,17-18H,1,8,13-16,19-20H2,2-4H3,(H,33,39)/t31-/m0/s1. The third-order valence-corrected chi connectivity index (χ3v) is 8.35. The number of carbonyl (C=O) groups is 1. The summed E-state index contributed by atoms with van der Waals surface area (Å²) in [5.74, 6) is 0.390. The smallest absolute Gasteiger partial charge is 0.318 e. The van der Waals surface area contributed by atoms with E-state index in [1.165, 1.54) is 28.1 Å². The first-order valence-corrected chi connectivity index (χ1v) is 13.8. The van der Waals surface area contributed by atoms with E-state index in [-0.39, 0.29) is 11.4 Å². The van der Waals surface area contributed by atoms with Gasteiger partial charge >= 0.3 is 6.01 Å². The van der Waals surface area contributed by atoms with Gasteiger partial charge in [-0.25, -0.2) is 4.68 Å². The molecule has 1 amide bonds. The Kier molecular flexibility index (Phi) is 6.75. The minimum atomic E-state index is -0.289. The van der Waals surface area contributed by atoms with Crippen LogP contribution in [0.2, 0.25) is 0 Å². The molecule has 0 radical (unpaired) electrons. The number of anilines is 2. The highest BCUT2D eigenvalue weighted by atomic mass is 16.5. The summed E-state index contributed by atoms with van der Waals surface area (Å²) in [5, 5.41) is 9.79. The number of aryl methyl sites for hydroxylation is 1. The fourth-order valence-electron chi connectivity index (χ4n) is 5.87. The van der Waals surface area contributed by atoms with E-state index >= 15 is 0 Å². The molecule has 9 nitrogen and oxygen atoms in total. The van der Waals surface area contributed by atoms with Gasteiger partial charge in [-0.15, -0.1) is 0 Å². The third kappa shape index (κ3) is 4.81. The SMILES string of the molecule is C=CC(=O)Nc1cnn(-c2nc(OC[C@]3(C)CCCN3C)nc3c2CCN(c2cccc4cccc(C)c24)C3)c1. The van der Waals surface area contributed by atoms with Crippen molar-refractivity contribution < 1.29 is 9.53 Å². The summed E-state index contributed by atoms with van der Waals surface area (Å²) in [6, 6.07) is 13.3. The largest absolute Gasteiger partial charge is 0.461 e. The average molecular weight is 538 g/mol. The average Bonchev–Trinajstić information content (AvgIpc) is 3.56. The quantitative estimate of drug-likeness (QED) is 0.343. The number of likely N-dealkylation sites (tertiary alicyclic amines) is 1. The predicted octanol–water partition coefficient (Wildman–Crippen LogP) is 4.67. The minimum Gasteiger partial charge on any atom is -0.461 e. The molecule has 1 atom stereocenters. The van der Waals surface area contributed by atoms with Crippen LogP contribution >= 0.6 is 0 Å². The van der Waals surface area contributed by atoms with Gasteiger partial charge in [0, 0.05) is 23.2 Å². The highest BCUT2D eigenvalue weighted by Crippen LogP contribution is 2.35. The van der Waals surface area contributed by atoms with E-state index in [9.17, 15) is 4.79 Å². The highest BCUT2D eigenvalue weighted by Gasteiger charge is 2.35. The minimum absolute atomic E-state index is 0.0558. The molecule has 1 fully saturated rings. The van der Waals surface area contributed by atoms with E-state index in [1.807, 2.05) is 0 Å². The lowest BCUT2D eigenvalue weighted by molar-refractivity contribution is -0.111. The third-order valence-electron chi connectivity index (χ3n) is 8.35. The Balaban J connectivity index is 1.37. The zero-order valence-corrected chi connectivity index (χ0v) is 23.4. The topological polar surface area (TPSA) is 88.4 Å². The van der Waals surface area contributed by atoms with Crippen molar-refractivity contribution in [3.8, 4) is 11.8 Å². The molecule has 1 saturated heterocycles. The second kappa shape index (κ2) is 10.4. The fraction of sp³-hybridized carbons (Fsp3) is 0.355. The molecule has 9 heteroatoms. The zero-order valence-electron chi connectivity index (χ0n) is 23.4. The lowest BCUT2D eigenvalue weighted by Crippen LogP contribution is -2.43. The van der Waals surface area contributed by atoms with Gasteiger partial charge in [0.15, 0.2) is 5.82 Å². The van der Waals surface area contributed by atoms with Crippen LogP contribution in [0.4, 0.5) is 11.4 Å². The van der Waals surface area contributed by atoms with Crippen molar-refractivity contribution in [1.29, 1.82) is 0 Å². The molecule has 40 heavy (non-hydrogen) atoms. The van der Waals surface area contributed by atoms with E-state index in [0.29, 0.717) is 30.7 Å². The zero-order chi connectivity index (χ0) is 27.9. The van der Waals surface area contributed by atoms with Crippen molar-refractivity contribution in [2.75, 3.05) is 37.0 Å². The van der Waals surface area contributed by atoms with Crippen LogP contribution in [-0.4, -0.2) is 62.8 Å². The Hall–Kier alpha value is -4.24. The predicted molar refractivity (Wildman–Crippen MR) is 157 cm³/mol. The fourth-order valence-corrected chi connectivity index (χ4v) is 5.87. The normalized spacial score (nSPS) is 19.0. The van der Waals surface area contributed by atoms with Gasteiger partial charge in [0.1, 0.15) is 6.61 Å². The van der Waals surface area contributed by atoms with E-state index in [1.54, 1.807) is 17.1 Å². The van der Waals surface area contributed by atoms with Crippen molar-refractivity contribution >= 4 is 28.1 Å². The summed E-state index contributed by atoms with van der Waals surface area (Å²) in [7, 11) is 2.14. The molecular weight excluding hydrogens is 502 g/mol. The van der Waals surface area contributed by atoms with Crippen molar-refractivity contribution in [3.05, 3.63) is 78.3 Å². The van der Waals surface area contributed by atoms with E-state index in [2.05, 4.69) is 84.1 Å². The first kappa shape index (κ1) is 26.0. The second-order valence-electron chi connectivity index (χ2n) is 11.1. The Labute approximate surface area is 234 Å². The molecule has 0 aliphatic carbocycles. The van der Waals surface area contributed by atoms with E-state index in [0.717, 1.165) is 43.6 Å². The molecule has 206 valence electrons. The Bertz CT molecular complexity index is 1590. The van der Waals surface area contributed by atoms with Gasteiger partial charge in [0.25, 0.3) is 0 Å². The Morgan fingerprint density at radius 2 is 2.02 bits per heavy atom. The van der Waals surface area contributed by atoms with Gasteiger partial charge in [-0.05, 0) is 69.8 Å². The van der Waals surface area contributed by atoms with Gasteiger partial charge in [-0.3, -0.25) is 9.69 Å². The summed E-state index contributed by atoms with van der Waals surface area (Å²) in [4.78, 5) is 26.4. The second-order valence-corrected chi connectivity index (χ2v) is 11.1. The summed E-state index contributed by atoms with van der Waals surface area (Å²) < 4.78 is 8.01. The van der Waals surface area contributed by atoms with Crippen LogP contribution in [0.3, 0.4) is 0 Å². The number of ether oxygens (including phenoxy) is 1. The monoisotopic (exact) mass is 537 g/mol. The summed E-state index contributed by atoms with van der Waals surface area (Å²) >= 11 is 0. The van der Waals surface area contributed by atoms with Gasteiger partial charge in [-0.2, -0.15) is 15.1 Å². The molecule has 6 rings (SSSR count). The molecule has 0 unspecified atom stereocenters. The molecule has 2 aliphatic heterocycles. The molecule has 4 heterocycles. The van der Waals surface area contributed by atoms with Crippen LogP contribution in [0.15, 0.2) is 61.4 Å². The number of rotatable bonds is 7. The molecular formula is C31H35N7O2. The number of fused-ring (bicyclic) bond motifs is 2. The molecule has 2 aromatic heterocycles. The van der Waals surface area contributed by atoms with Gasteiger partial charge in [0.05, 0.1) is 35.9 Å². The number of hydrogen-bond acceptors (Lipinski definition) is 7. The lowest BCUT2D eigenvalue weighted by Gasteiger charge is -2.33. The maximum absolute atomic E-state index is 11.8. The van der Waals surface area contributed by atoms with Gasteiger partial charge in [-0.1, -0.05) is 36.9 Å². The van der Waals surface area contributed by atoms with Crippen molar-refractivity contribution in [2.45, 2.75) is 45.2 Å². The van der Waals surface area contributed by atoms with Crippen LogP contribution in [0.5, 0.6) is 6.01 Å². The van der Waals surface area contributed by atoms with E-state index in [4.69, 9.17) is 14.7 Å². The molecule has 0 spiro atoms. The molecule has 2 aliphatic rings.